The molecule has 45 heavy (non-hydrogen) atoms. The standard InChI is InChI=1S/C21H36O3Si.C16H26O3Si/c1-16(2)25(17(3)4)20-11-10-19(15-18(20)5)22-13-8-14-24-21-9-6-7-12-23-21;1-11(2)20(12(3)4)15-7-6-14(10-13(15)5)19-9-8-16(17)18/h10-11,15-17,21,25H,6-9,12-14H2,1-5H3;6-7,10-12,20H,8-9H2,1-5H3,(H,17,18). The van der Waals surface area contributed by atoms with E-state index in [0.29, 0.717) is 13.2 Å². The Balaban J connectivity index is 0.000000322. The van der Waals surface area contributed by atoms with Gasteiger partial charge in [-0.15, -0.1) is 0 Å². The first-order chi connectivity index (χ1) is 21.3. The Hall–Kier alpha value is -2.14. The molecule has 1 aliphatic rings. The van der Waals surface area contributed by atoms with E-state index in [1.807, 2.05) is 12.1 Å². The van der Waals surface area contributed by atoms with Crippen LogP contribution >= 0.6 is 0 Å². The SMILES string of the molecule is Cc1cc(OCCC(=O)O)ccc1[SiH](C(C)C)C(C)C.Cc1cc(OCCCOC2CCCCO2)ccc1[SiH](C(C)C)C(C)C. The maximum atomic E-state index is 10.5. The van der Waals surface area contributed by atoms with Gasteiger partial charge in [0, 0.05) is 13.0 Å². The summed E-state index contributed by atoms with van der Waals surface area (Å²) in [5.41, 5.74) is 5.69. The van der Waals surface area contributed by atoms with Gasteiger partial charge < -0.3 is 24.1 Å². The fourth-order valence-electron chi connectivity index (χ4n) is 6.76. The molecule has 0 amide bonds. The van der Waals surface area contributed by atoms with Crippen LogP contribution in [-0.2, 0) is 14.3 Å². The third kappa shape index (κ3) is 13.6. The van der Waals surface area contributed by atoms with Gasteiger partial charge in [0.05, 0.1) is 43.8 Å². The van der Waals surface area contributed by atoms with Crippen molar-refractivity contribution in [3.8, 4) is 11.5 Å². The van der Waals surface area contributed by atoms with E-state index in [0.717, 1.165) is 59.5 Å². The summed E-state index contributed by atoms with van der Waals surface area (Å²) in [6.07, 6.45) is 4.34. The van der Waals surface area contributed by atoms with E-state index in [4.69, 9.17) is 24.1 Å². The zero-order chi connectivity index (χ0) is 33.5. The van der Waals surface area contributed by atoms with Crippen molar-refractivity contribution in [2.75, 3.05) is 26.4 Å². The lowest BCUT2D eigenvalue weighted by molar-refractivity contribution is -0.163. The number of hydrogen-bond donors (Lipinski definition) is 1. The lowest BCUT2D eigenvalue weighted by Crippen LogP contribution is -2.37. The molecule has 0 spiro atoms. The van der Waals surface area contributed by atoms with Gasteiger partial charge in [0.2, 0.25) is 0 Å². The van der Waals surface area contributed by atoms with Crippen LogP contribution in [0.1, 0.15) is 98.6 Å². The van der Waals surface area contributed by atoms with Crippen LogP contribution in [0.25, 0.3) is 0 Å². The van der Waals surface area contributed by atoms with Gasteiger partial charge in [-0.25, -0.2) is 0 Å². The van der Waals surface area contributed by atoms with E-state index in [2.05, 4.69) is 93.5 Å². The average molecular weight is 659 g/mol. The number of ether oxygens (including phenoxy) is 4. The Morgan fingerprint density at radius 3 is 1.67 bits per heavy atom. The van der Waals surface area contributed by atoms with Crippen molar-refractivity contribution in [2.24, 2.45) is 0 Å². The number of hydrogen-bond acceptors (Lipinski definition) is 5. The summed E-state index contributed by atoms with van der Waals surface area (Å²) in [6.45, 7) is 25.6. The minimum atomic E-state index is -0.992. The first-order valence-corrected chi connectivity index (χ1v) is 21.1. The number of benzene rings is 2. The van der Waals surface area contributed by atoms with Crippen molar-refractivity contribution < 1.29 is 28.8 Å². The molecule has 1 heterocycles. The lowest BCUT2D eigenvalue weighted by atomic mass is 10.2. The van der Waals surface area contributed by atoms with Crippen LogP contribution in [0.3, 0.4) is 0 Å². The number of carboxylic acid groups (broad SMARTS) is 1. The van der Waals surface area contributed by atoms with Gasteiger partial charge >= 0.3 is 5.97 Å². The second-order valence-corrected chi connectivity index (χ2v) is 22.6. The maximum absolute atomic E-state index is 10.5. The first-order valence-electron chi connectivity index (χ1n) is 17.2. The normalized spacial score (nSPS) is 15.2. The molecule has 1 aliphatic heterocycles. The molecule has 0 aliphatic carbocycles. The lowest BCUT2D eigenvalue weighted by Gasteiger charge is -2.25. The molecule has 1 N–H and O–H groups in total. The zero-order valence-electron chi connectivity index (χ0n) is 29.9. The van der Waals surface area contributed by atoms with Crippen molar-refractivity contribution in [1.29, 1.82) is 0 Å². The molecule has 1 unspecified atom stereocenters. The first kappa shape index (κ1) is 39.0. The number of aryl methyl sites for hydroxylation is 2. The van der Waals surface area contributed by atoms with E-state index < -0.39 is 23.6 Å². The molecular formula is C37H62O6Si2. The molecule has 8 heteroatoms. The monoisotopic (exact) mass is 658 g/mol. The van der Waals surface area contributed by atoms with Crippen LogP contribution in [0.4, 0.5) is 0 Å². The van der Waals surface area contributed by atoms with E-state index in [1.54, 1.807) is 5.19 Å². The highest BCUT2D eigenvalue weighted by atomic mass is 28.3. The van der Waals surface area contributed by atoms with Crippen LogP contribution in [0.5, 0.6) is 11.5 Å². The molecule has 2 aromatic carbocycles. The third-order valence-electron chi connectivity index (χ3n) is 8.66. The number of rotatable bonds is 16. The summed E-state index contributed by atoms with van der Waals surface area (Å²) in [5.74, 6) is 0.925. The number of carboxylic acids is 1. The zero-order valence-corrected chi connectivity index (χ0v) is 32.2. The van der Waals surface area contributed by atoms with Gasteiger partial charge in [-0.2, -0.15) is 0 Å². The Kier molecular flexibility index (Phi) is 17.5. The van der Waals surface area contributed by atoms with Crippen molar-refractivity contribution in [1.82, 2.24) is 0 Å². The van der Waals surface area contributed by atoms with Crippen molar-refractivity contribution in [3.63, 3.8) is 0 Å². The maximum Gasteiger partial charge on any atom is 0.306 e. The van der Waals surface area contributed by atoms with Crippen molar-refractivity contribution >= 4 is 33.9 Å². The van der Waals surface area contributed by atoms with Gasteiger partial charge in [-0.05, 0) is 90.7 Å². The highest BCUT2D eigenvalue weighted by Crippen LogP contribution is 2.24. The van der Waals surface area contributed by atoms with Crippen LogP contribution < -0.4 is 19.8 Å². The van der Waals surface area contributed by atoms with Gasteiger partial charge in [-0.3, -0.25) is 4.79 Å². The van der Waals surface area contributed by atoms with E-state index in [-0.39, 0.29) is 19.3 Å². The van der Waals surface area contributed by atoms with Gasteiger partial charge in [-0.1, -0.05) is 77.9 Å². The Bertz CT molecular complexity index is 1130. The highest BCUT2D eigenvalue weighted by molar-refractivity contribution is 6.76. The minimum absolute atomic E-state index is 0.00392. The molecule has 3 rings (SSSR count). The molecular weight excluding hydrogens is 597 g/mol. The minimum Gasteiger partial charge on any atom is -0.493 e. The molecule has 254 valence electrons. The molecule has 0 radical (unpaired) electrons. The summed E-state index contributed by atoms with van der Waals surface area (Å²) < 4.78 is 22.7. The van der Waals surface area contributed by atoms with Gasteiger partial charge in [0.15, 0.2) is 6.29 Å². The molecule has 1 saturated heterocycles. The molecule has 2 aromatic rings. The van der Waals surface area contributed by atoms with Crippen LogP contribution in [-0.4, -0.2) is 61.4 Å². The van der Waals surface area contributed by atoms with Crippen molar-refractivity contribution in [2.45, 2.75) is 130 Å². The largest absolute Gasteiger partial charge is 0.493 e. The summed E-state index contributed by atoms with van der Waals surface area (Å²) >= 11 is 0. The van der Waals surface area contributed by atoms with E-state index in [9.17, 15) is 4.79 Å². The van der Waals surface area contributed by atoms with Gasteiger partial charge in [0.1, 0.15) is 11.5 Å². The Morgan fingerprint density at radius 1 is 0.778 bits per heavy atom. The Morgan fingerprint density at radius 2 is 1.27 bits per heavy atom. The van der Waals surface area contributed by atoms with Crippen LogP contribution in [0, 0.1) is 13.8 Å². The predicted molar refractivity (Wildman–Crippen MR) is 194 cm³/mol. The summed E-state index contributed by atoms with van der Waals surface area (Å²) in [7, 11) is -1.94. The average Bonchev–Trinajstić information content (AvgIpc) is 2.95. The molecule has 1 atom stereocenters. The van der Waals surface area contributed by atoms with Crippen molar-refractivity contribution in [3.05, 3.63) is 47.5 Å². The fraction of sp³-hybridized carbons (Fsp3) is 0.649. The second-order valence-electron chi connectivity index (χ2n) is 13.9. The quantitative estimate of drug-likeness (QED) is 0.147. The van der Waals surface area contributed by atoms with Gasteiger partial charge in [0.25, 0.3) is 0 Å². The summed E-state index contributed by atoms with van der Waals surface area (Å²) in [5, 5.41) is 11.7. The topological polar surface area (TPSA) is 74.2 Å². The number of carbonyl (C=O) groups is 1. The molecule has 6 nitrogen and oxygen atoms in total. The predicted octanol–water partition coefficient (Wildman–Crippen LogP) is 7.66. The summed E-state index contributed by atoms with van der Waals surface area (Å²) in [4.78, 5) is 10.5. The van der Waals surface area contributed by atoms with E-state index >= 15 is 0 Å². The van der Waals surface area contributed by atoms with E-state index in [1.165, 1.54) is 22.7 Å². The summed E-state index contributed by atoms with van der Waals surface area (Å²) in [6, 6.07) is 12.9. The second kappa shape index (κ2) is 20.2. The fourth-order valence-corrected chi connectivity index (χ4v) is 14.6. The molecule has 0 saturated carbocycles. The third-order valence-corrected chi connectivity index (χ3v) is 17.1. The Labute approximate surface area is 277 Å². The smallest absolute Gasteiger partial charge is 0.306 e. The number of aliphatic carboxylic acids is 1. The van der Waals surface area contributed by atoms with Crippen LogP contribution in [0.15, 0.2) is 36.4 Å². The molecule has 1 fully saturated rings. The van der Waals surface area contributed by atoms with Crippen LogP contribution in [0.2, 0.25) is 22.2 Å². The highest BCUT2D eigenvalue weighted by Gasteiger charge is 2.24. The molecule has 0 bridgehead atoms. The molecule has 0 aromatic heterocycles.